The number of hydrogen-bond donors (Lipinski definition) is 2. The lowest BCUT2D eigenvalue weighted by Crippen LogP contribution is -2.46. The Bertz CT molecular complexity index is 370. The van der Waals surface area contributed by atoms with Crippen LogP contribution in [0.15, 0.2) is 17.3 Å². The highest BCUT2D eigenvalue weighted by Gasteiger charge is 2.18. The van der Waals surface area contributed by atoms with E-state index >= 15 is 0 Å². The topological polar surface area (TPSA) is 54.2 Å². The maximum Gasteiger partial charge on any atom is 0.191 e. The van der Waals surface area contributed by atoms with E-state index in [1.165, 1.54) is 19.3 Å². The smallest absolute Gasteiger partial charge is 0.191 e. The molecule has 0 aromatic carbocycles. The molecule has 5 nitrogen and oxygen atoms in total. The number of hydrogen-bond acceptors (Lipinski definition) is 2. The molecule has 0 radical (unpaired) electrons. The first kappa shape index (κ1) is 14.3. The van der Waals surface area contributed by atoms with Crippen LogP contribution in [0.25, 0.3) is 0 Å². The molecule has 0 spiro atoms. The van der Waals surface area contributed by atoms with Crippen LogP contribution in [0.2, 0.25) is 0 Å². The molecule has 1 fully saturated rings. The molecule has 0 saturated heterocycles. The van der Waals surface area contributed by atoms with Crippen LogP contribution in [0, 0.1) is 0 Å². The lowest BCUT2D eigenvalue weighted by Gasteiger charge is -2.28. The number of guanidine groups is 1. The van der Waals surface area contributed by atoms with Crippen molar-refractivity contribution in [3.05, 3.63) is 18.0 Å². The van der Waals surface area contributed by atoms with E-state index in [1.54, 1.807) is 13.2 Å². The molecule has 0 bridgehead atoms. The quantitative estimate of drug-likeness (QED) is 0.491. The molecular formula is C11H20IN5. The van der Waals surface area contributed by atoms with E-state index < -0.39 is 0 Å². The van der Waals surface area contributed by atoms with Crippen LogP contribution in [-0.2, 0) is 13.6 Å². The van der Waals surface area contributed by atoms with E-state index in [2.05, 4.69) is 20.7 Å². The minimum absolute atomic E-state index is 0. The highest BCUT2D eigenvalue weighted by Crippen LogP contribution is 2.17. The fourth-order valence-electron chi connectivity index (χ4n) is 1.69. The zero-order valence-electron chi connectivity index (χ0n) is 10.3. The second-order valence-electron chi connectivity index (χ2n) is 4.14. The van der Waals surface area contributed by atoms with Crippen molar-refractivity contribution in [2.75, 3.05) is 7.05 Å². The van der Waals surface area contributed by atoms with Crippen molar-refractivity contribution in [3.63, 3.8) is 0 Å². The van der Waals surface area contributed by atoms with Crippen LogP contribution in [0.1, 0.15) is 25.0 Å². The first-order valence-corrected chi connectivity index (χ1v) is 5.73. The van der Waals surface area contributed by atoms with Gasteiger partial charge in [0.05, 0.1) is 12.2 Å². The third-order valence-corrected chi connectivity index (χ3v) is 3.03. The fourth-order valence-corrected chi connectivity index (χ4v) is 1.69. The SMILES string of the molecule is CN=C(NCc1ccnn1C)NC1CCC1.I. The van der Waals surface area contributed by atoms with Gasteiger partial charge in [-0.25, -0.2) is 0 Å². The molecule has 0 amide bonds. The number of aromatic nitrogens is 2. The Hall–Kier alpha value is -0.790. The molecule has 0 unspecified atom stereocenters. The van der Waals surface area contributed by atoms with Gasteiger partial charge in [0.1, 0.15) is 0 Å². The van der Waals surface area contributed by atoms with Crippen LogP contribution in [0.5, 0.6) is 0 Å². The summed E-state index contributed by atoms with van der Waals surface area (Å²) in [6.45, 7) is 0.753. The zero-order valence-corrected chi connectivity index (χ0v) is 12.6. The van der Waals surface area contributed by atoms with Crippen molar-refractivity contribution < 1.29 is 0 Å². The van der Waals surface area contributed by atoms with Gasteiger partial charge < -0.3 is 10.6 Å². The summed E-state index contributed by atoms with van der Waals surface area (Å²) < 4.78 is 1.86. The van der Waals surface area contributed by atoms with Crippen molar-refractivity contribution >= 4 is 29.9 Å². The van der Waals surface area contributed by atoms with Gasteiger partial charge in [-0.15, -0.1) is 24.0 Å². The van der Waals surface area contributed by atoms with Crippen molar-refractivity contribution in [2.24, 2.45) is 12.0 Å². The first-order chi connectivity index (χ1) is 7.79. The number of nitrogens with one attached hydrogen (secondary N) is 2. The summed E-state index contributed by atoms with van der Waals surface area (Å²) in [5.41, 5.74) is 1.15. The Morgan fingerprint density at radius 3 is 2.82 bits per heavy atom. The van der Waals surface area contributed by atoms with Gasteiger partial charge in [-0.1, -0.05) is 0 Å². The van der Waals surface area contributed by atoms with Gasteiger partial charge in [-0.2, -0.15) is 5.10 Å². The summed E-state index contributed by atoms with van der Waals surface area (Å²) in [5.74, 6) is 0.880. The minimum Gasteiger partial charge on any atom is -0.354 e. The zero-order chi connectivity index (χ0) is 11.4. The van der Waals surface area contributed by atoms with Gasteiger partial charge in [0.25, 0.3) is 0 Å². The van der Waals surface area contributed by atoms with E-state index in [0.717, 1.165) is 18.2 Å². The van der Waals surface area contributed by atoms with Gasteiger partial charge in [0, 0.05) is 26.3 Å². The van der Waals surface area contributed by atoms with Gasteiger partial charge in [0.15, 0.2) is 5.96 Å². The van der Waals surface area contributed by atoms with Crippen LogP contribution >= 0.6 is 24.0 Å². The Labute approximate surface area is 119 Å². The van der Waals surface area contributed by atoms with Crippen LogP contribution < -0.4 is 10.6 Å². The number of halogens is 1. The monoisotopic (exact) mass is 349 g/mol. The Morgan fingerprint density at radius 2 is 2.35 bits per heavy atom. The van der Waals surface area contributed by atoms with E-state index in [4.69, 9.17) is 0 Å². The van der Waals surface area contributed by atoms with Gasteiger partial charge in [0.2, 0.25) is 0 Å². The Kier molecular flexibility index (Phi) is 5.73. The lowest BCUT2D eigenvalue weighted by molar-refractivity contribution is 0.379. The third-order valence-electron chi connectivity index (χ3n) is 3.03. The molecule has 1 saturated carbocycles. The van der Waals surface area contributed by atoms with Crippen LogP contribution in [-0.4, -0.2) is 28.8 Å². The number of aliphatic imine (C=N–C) groups is 1. The summed E-state index contributed by atoms with van der Waals surface area (Å²) in [5, 5.41) is 10.8. The highest BCUT2D eigenvalue weighted by atomic mass is 127. The highest BCUT2D eigenvalue weighted by molar-refractivity contribution is 14.0. The summed E-state index contributed by atoms with van der Waals surface area (Å²) in [6.07, 6.45) is 5.65. The molecule has 17 heavy (non-hydrogen) atoms. The van der Waals surface area contributed by atoms with Gasteiger partial charge in [-0.05, 0) is 25.3 Å². The summed E-state index contributed by atoms with van der Waals surface area (Å²) in [4.78, 5) is 4.20. The van der Waals surface area contributed by atoms with Gasteiger partial charge in [-0.3, -0.25) is 9.67 Å². The molecule has 1 aromatic rings. The molecule has 0 atom stereocenters. The summed E-state index contributed by atoms with van der Waals surface area (Å²) >= 11 is 0. The number of aryl methyl sites for hydroxylation is 1. The van der Waals surface area contributed by atoms with E-state index in [9.17, 15) is 0 Å². The average molecular weight is 349 g/mol. The molecule has 0 aliphatic heterocycles. The molecular weight excluding hydrogens is 329 g/mol. The van der Waals surface area contributed by atoms with Crippen LogP contribution in [0.4, 0.5) is 0 Å². The Morgan fingerprint density at radius 1 is 1.59 bits per heavy atom. The first-order valence-electron chi connectivity index (χ1n) is 5.73. The summed E-state index contributed by atoms with van der Waals surface area (Å²) in [6, 6.07) is 2.61. The van der Waals surface area contributed by atoms with E-state index in [-0.39, 0.29) is 24.0 Å². The van der Waals surface area contributed by atoms with E-state index in [0.29, 0.717) is 6.04 Å². The second kappa shape index (κ2) is 6.83. The molecule has 1 aliphatic rings. The maximum absolute atomic E-state index is 4.20. The minimum atomic E-state index is 0. The normalized spacial score (nSPS) is 16.0. The standard InChI is InChI=1S/C11H19N5.HI/c1-12-11(15-9-4-3-5-9)13-8-10-6-7-14-16(10)2;/h6-7,9H,3-5,8H2,1-2H3,(H2,12,13,15);1H. The molecule has 2 N–H and O–H groups in total. The van der Waals surface area contributed by atoms with E-state index in [1.807, 2.05) is 17.8 Å². The van der Waals surface area contributed by atoms with Crippen molar-refractivity contribution in [3.8, 4) is 0 Å². The molecule has 6 heteroatoms. The van der Waals surface area contributed by atoms with Crippen molar-refractivity contribution in [1.29, 1.82) is 0 Å². The summed E-state index contributed by atoms with van der Waals surface area (Å²) in [7, 11) is 3.75. The van der Waals surface area contributed by atoms with Gasteiger partial charge >= 0.3 is 0 Å². The number of nitrogens with zero attached hydrogens (tertiary/aromatic N) is 3. The van der Waals surface area contributed by atoms with Crippen molar-refractivity contribution in [2.45, 2.75) is 31.8 Å². The second-order valence-corrected chi connectivity index (χ2v) is 4.14. The lowest BCUT2D eigenvalue weighted by atomic mass is 9.93. The number of rotatable bonds is 3. The largest absolute Gasteiger partial charge is 0.354 e. The van der Waals surface area contributed by atoms with Crippen molar-refractivity contribution in [1.82, 2.24) is 20.4 Å². The van der Waals surface area contributed by atoms with Crippen LogP contribution in [0.3, 0.4) is 0 Å². The maximum atomic E-state index is 4.20. The molecule has 96 valence electrons. The molecule has 1 heterocycles. The third kappa shape index (κ3) is 3.86. The molecule has 2 rings (SSSR count). The predicted molar refractivity (Wildman–Crippen MR) is 79.6 cm³/mol. The molecule has 1 aliphatic carbocycles. The fraction of sp³-hybridized carbons (Fsp3) is 0.636. The Balaban J connectivity index is 0.00000144. The predicted octanol–water partition coefficient (Wildman–Crippen LogP) is 1.26. The average Bonchev–Trinajstić information content (AvgIpc) is 2.62. The molecule has 1 aromatic heterocycles.